The van der Waals surface area contributed by atoms with Gasteiger partial charge in [-0.25, -0.2) is 0 Å². The van der Waals surface area contributed by atoms with Crippen LogP contribution in [-0.4, -0.2) is 16.3 Å². The minimum absolute atomic E-state index is 0.108. The Kier molecular flexibility index (Phi) is 4.12. The van der Waals surface area contributed by atoms with Crippen LogP contribution in [0, 0.1) is 11.8 Å². The fraction of sp³-hybridized carbons (Fsp3) is 0.600. The third kappa shape index (κ3) is 3.39. The number of benzene rings is 1. The van der Waals surface area contributed by atoms with Gasteiger partial charge in [-0.05, 0) is 37.2 Å². The van der Waals surface area contributed by atoms with Gasteiger partial charge in [0.15, 0.2) is 0 Å². The fourth-order valence-electron chi connectivity index (χ4n) is 3.07. The maximum Gasteiger partial charge on any atom is 0.123 e. The highest BCUT2D eigenvalue weighted by Crippen LogP contribution is 2.29. The highest BCUT2D eigenvalue weighted by atomic mass is 16.3. The van der Waals surface area contributed by atoms with Gasteiger partial charge in [-0.2, -0.15) is 0 Å². The summed E-state index contributed by atoms with van der Waals surface area (Å²) in [6, 6.07) is 5.32. The van der Waals surface area contributed by atoms with Crippen LogP contribution in [0.2, 0.25) is 0 Å². The van der Waals surface area contributed by atoms with E-state index in [1.54, 1.807) is 12.1 Å². The van der Waals surface area contributed by atoms with Crippen LogP contribution in [-0.2, 0) is 6.54 Å². The predicted molar refractivity (Wildman–Crippen MR) is 72.6 cm³/mol. The molecule has 0 saturated heterocycles. The van der Waals surface area contributed by atoms with Crippen molar-refractivity contribution in [3.8, 4) is 11.5 Å². The van der Waals surface area contributed by atoms with Crippen molar-refractivity contribution in [3.05, 3.63) is 23.8 Å². The van der Waals surface area contributed by atoms with E-state index < -0.39 is 0 Å². The first kappa shape index (κ1) is 13.2. The molecule has 1 aromatic rings. The molecule has 0 heterocycles. The summed E-state index contributed by atoms with van der Waals surface area (Å²) in [6.45, 7) is 5.28. The van der Waals surface area contributed by atoms with E-state index in [2.05, 4.69) is 19.2 Å². The Morgan fingerprint density at radius 1 is 1.11 bits per heavy atom. The number of phenolic OH excluding ortho intramolecular Hbond substituents is 2. The van der Waals surface area contributed by atoms with Crippen molar-refractivity contribution in [3.63, 3.8) is 0 Å². The molecule has 0 bridgehead atoms. The first-order valence-corrected chi connectivity index (χ1v) is 6.79. The van der Waals surface area contributed by atoms with Crippen molar-refractivity contribution in [2.75, 3.05) is 0 Å². The van der Waals surface area contributed by atoms with E-state index in [0.717, 1.165) is 17.4 Å². The Labute approximate surface area is 109 Å². The molecule has 0 radical (unpaired) electrons. The minimum atomic E-state index is 0.108. The Morgan fingerprint density at radius 3 is 2.39 bits per heavy atom. The van der Waals surface area contributed by atoms with Crippen molar-refractivity contribution in [2.24, 2.45) is 11.8 Å². The Bertz CT molecular complexity index is 395. The van der Waals surface area contributed by atoms with E-state index in [1.165, 1.54) is 25.3 Å². The molecule has 1 fully saturated rings. The number of rotatable bonds is 3. The van der Waals surface area contributed by atoms with Gasteiger partial charge in [-0.3, -0.25) is 0 Å². The summed E-state index contributed by atoms with van der Waals surface area (Å²) in [5.41, 5.74) is 0.846. The summed E-state index contributed by atoms with van der Waals surface area (Å²) < 4.78 is 0. The molecule has 18 heavy (non-hydrogen) atoms. The zero-order valence-electron chi connectivity index (χ0n) is 11.2. The van der Waals surface area contributed by atoms with Gasteiger partial charge in [0.2, 0.25) is 0 Å². The van der Waals surface area contributed by atoms with Gasteiger partial charge < -0.3 is 15.5 Å². The number of phenols is 2. The molecule has 0 spiro atoms. The maximum atomic E-state index is 9.72. The van der Waals surface area contributed by atoms with Crippen LogP contribution in [0.1, 0.15) is 38.7 Å². The summed E-state index contributed by atoms with van der Waals surface area (Å²) in [4.78, 5) is 0. The molecular formula is C15H23NO2. The highest BCUT2D eigenvalue weighted by molar-refractivity contribution is 5.38. The third-order valence-electron chi connectivity index (χ3n) is 3.83. The first-order valence-electron chi connectivity index (χ1n) is 6.79. The van der Waals surface area contributed by atoms with Crippen LogP contribution in [0.5, 0.6) is 11.5 Å². The molecule has 1 aliphatic rings. The second kappa shape index (κ2) is 5.61. The summed E-state index contributed by atoms with van der Waals surface area (Å²) >= 11 is 0. The van der Waals surface area contributed by atoms with Crippen LogP contribution in [0.15, 0.2) is 18.2 Å². The van der Waals surface area contributed by atoms with Crippen LogP contribution in [0.3, 0.4) is 0 Å². The van der Waals surface area contributed by atoms with Gasteiger partial charge in [-0.15, -0.1) is 0 Å². The summed E-state index contributed by atoms with van der Waals surface area (Å²) in [5.74, 6) is 1.83. The van der Waals surface area contributed by atoms with Crippen molar-refractivity contribution in [2.45, 2.75) is 45.7 Å². The molecule has 0 aromatic heterocycles. The molecule has 1 aromatic carbocycles. The first-order chi connectivity index (χ1) is 8.54. The number of nitrogens with one attached hydrogen (secondary N) is 1. The molecule has 1 aliphatic carbocycles. The van der Waals surface area contributed by atoms with Gasteiger partial charge >= 0.3 is 0 Å². The lowest BCUT2D eigenvalue weighted by Gasteiger charge is -2.32. The largest absolute Gasteiger partial charge is 0.508 e. The number of aromatic hydroxyl groups is 2. The van der Waals surface area contributed by atoms with E-state index in [-0.39, 0.29) is 11.5 Å². The van der Waals surface area contributed by atoms with Crippen molar-refractivity contribution < 1.29 is 10.2 Å². The van der Waals surface area contributed by atoms with Crippen molar-refractivity contribution in [1.82, 2.24) is 5.32 Å². The van der Waals surface area contributed by atoms with Gasteiger partial charge in [-0.1, -0.05) is 19.9 Å². The Morgan fingerprint density at radius 2 is 1.78 bits per heavy atom. The Hall–Kier alpha value is -1.22. The fourth-order valence-corrected chi connectivity index (χ4v) is 3.07. The van der Waals surface area contributed by atoms with E-state index in [0.29, 0.717) is 12.6 Å². The Balaban J connectivity index is 1.91. The van der Waals surface area contributed by atoms with E-state index >= 15 is 0 Å². The topological polar surface area (TPSA) is 52.5 Å². The van der Waals surface area contributed by atoms with Crippen LogP contribution >= 0.6 is 0 Å². The molecular weight excluding hydrogens is 226 g/mol. The molecule has 3 heteroatoms. The normalized spacial score (nSPS) is 28.2. The lowest BCUT2D eigenvalue weighted by molar-refractivity contribution is 0.237. The van der Waals surface area contributed by atoms with Crippen LogP contribution in [0.25, 0.3) is 0 Å². The maximum absolute atomic E-state index is 9.72. The lowest BCUT2D eigenvalue weighted by atomic mass is 9.80. The second-order valence-corrected chi connectivity index (χ2v) is 5.81. The molecule has 0 aliphatic heterocycles. The van der Waals surface area contributed by atoms with Crippen LogP contribution < -0.4 is 5.32 Å². The minimum Gasteiger partial charge on any atom is -0.508 e. The molecule has 2 atom stereocenters. The smallest absolute Gasteiger partial charge is 0.123 e. The SMILES string of the molecule is CC1CC(C)CC(NCc2ccc(O)cc2O)C1. The molecule has 0 amide bonds. The predicted octanol–water partition coefficient (Wildman–Crippen LogP) is 3.01. The van der Waals surface area contributed by atoms with Gasteiger partial charge in [0, 0.05) is 24.2 Å². The van der Waals surface area contributed by atoms with E-state index in [9.17, 15) is 10.2 Å². The molecule has 3 nitrogen and oxygen atoms in total. The van der Waals surface area contributed by atoms with Crippen LogP contribution in [0.4, 0.5) is 0 Å². The zero-order valence-corrected chi connectivity index (χ0v) is 11.2. The van der Waals surface area contributed by atoms with E-state index in [1.807, 2.05) is 0 Å². The van der Waals surface area contributed by atoms with Gasteiger partial charge in [0.25, 0.3) is 0 Å². The second-order valence-electron chi connectivity index (χ2n) is 5.81. The summed E-state index contributed by atoms with van der Waals surface area (Å²) in [6.07, 6.45) is 3.75. The summed E-state index contributed by atoms with van der Waals surface area (Å²) in [5, 5.41) is 22.5. The highest BCUT2D eigenvalue weighted by Gasteiger charge is 2.23. The molecule has 100 valence electrons. The number of hydrogen-bond acceptors (Lipinski definition) is 3. The standard InChI is InChI=1S/C15H23NO2/c1-10-5-11(2)7-13(6-10)16-9-12-3-4-14(17)8-15(12)18/h3-4,8,10-11,13,16-18H,5-7,9H2,1-2H3. The third-order valence-corrected chi connectivity index (χ3v) is 3.83. The van der Waals surface area contributed by atoms with Gasteiger partial charge in [0.1, 0.15) is 11.5 Å². The molecule has 1 saturated carbocycles. The lowest BCUT2D eigenvalue weighted by Crippen LogP contribution is -2.35. The average molecular weight is 249 g/mol. The molecule has 2 rings (SSSR count). The van der Waals surface area contributed by atoms with Gasteiger partial charge in [0.05, 0.1) is 0 Å². The van der Waals surface area contributed by atoms with Crippen molar-refractivity contribution in [1.29, 1.82) is 0 Å². The average Bonchev–Trinajstić information content (AvgIpc) is 2.26. The number of hydrogen-bond donors (Lipinski definition) is 3. The molecule has 2 unspecified atom stereocenters. The zero-order chi connectivity index (χ0) is 13.1. The quantitative estimate of drug-likeness (QED) is 0.772. The summed E-state index contributed by atoms with van der Waals surface area (Å²) in [7, 11) is 0. The monoisotopic (exact) mass is 249 g/mol. The molecule has 3 N–H and O–H groups in total. The van der Waals surface area contributed by atoms with Crippen molar-refractivity contribution >= 4 is 0 Å². The van der Waals surface area contributed by atoms with E-state index in [4.69, 9.17) is 0 Å².